The van der Waals surface area contributed by atoms with Gasteiger partial charge in [-0.3, -0.25) is 0 Å². The van der Waals surface area contributed by atoms with Crippen LogP contribution in [-0.4, -0.2) is 0 Å². The number of hydrogen-bond donors (Lipinski definition) is 0. The molecule has 0 saturated carbocycles. The molecule has 0 unspecified atom stereocenters. The molecule has 10 aromatic rings. The fourth-order valence-electron chi connectivity index (χ4n) is 13.6. The summed E-state index contributed by atoms with van der Waals surface area (Å²) in [7, 11) is 0. The van der Waals surface area contributed by atoms with Crippen LogP contribution in [0.4, 0.5) is 17.1 Å². The lowest BCUT2D eigenvalue weighted by Crippen LogP contribution is -2.30. The van der Waals surface area contributed by atoms with Gasteiger partial charge in [0.15, 0.2) is 0 Å². The van der Waals surface area contributed by atoms with Crippen LogP contribution in [0.1, 0.15) is 125 Å². The molecular formula is C75H67N. The van der Waals surface area contributed by atoms with Crippen molar-refractivity contribution in [2.45, 2.75) is 96.3 Å². The highest BCUT2D eigenvalue weighted by molar-refractivity contribution is 5.92. The van der Waals surface area contributed by atoms with Gasteiger partial charge in [0.05, 0.1) is 5.41 Å². The van der Waals surface area contributed by atoms with Gasteiger partial charge in [-0.1, -0.05) is 251 Å². The summed E-state index contributed by atoms with van der Waals surface area (Å²) in [5.74, 6) is 0. The van der Waals surface area contributed by atoms with Crippen LogP contribution in [0, 0.1) is 0 Å². The lowest BCUT2D eigenvalue weighted by atomic mass is 9.66. The minimum Gasteiger partial charge on any atom is -0.310 e. The molecule has 0 bridgehead atoms. The molecule has 372 valence electrons. The fraction of sp³-hybridized carbons (Fsp3) is 0.200. The second-order valence-corrected chi connectivity index (χ2v) is 24.9. The van der Waals surface area contributed by atoms with Crippen molar-refractivity contribution in [3.63, 3.8) is 0 Å². The third kappa shape index (κ3) is 7.19. The van der Waals surface area contributed by atoms with Gasteiger partial charge < -0.3 is 4.90 Å². The predicted octanol–water partition coefficient (Wildman–Crippen LogP) is 20.1. The highest BCUT2D eigenvalue weighted by atomic mass is 15.1. The molecule has 0 radical (unpaired) electrons. The summed E-state index contributed by atoms with van der Waals surface area (Å²) < 4.78 is 0. The molecular weight excluding hydrogens is 915 g/mol. The highest BCUT2D eigenvalue weighted by Gasteiger charge is 2.47. The number of nitrogens with zero attached hydrogens (tertiary/aromatic N) is 1. The van der Waals surface area contributed by atoms with E-state index >= 15 is 0 Å². The van der Waals surface area contributed by atoms with E-state index in [1.54, 1.807) is 0 Å². The van der Waals surface area contributed by atoms with Gasteiger partial charge in [-0.2, -0.15) is 0 Å². The summed E-state index contributed by atoms with van der Waals surface area (Å²) in [4.78, 5) is 2.48. The number of benzene rings is 10. The Morgan fingerprint density at radius 1 is 0.289 bits per heavy atom. The Morgan fingerprint density at radius 3 is 1.30 bits per heavy atom. The maximum absolute atomic E-state index is 2.52. The molecule has 13 rings (SSSR count). The largest absolute Gasteiger partial charge is 0.310 e. The van der Waals surface area contributed by atoms with Crippen LogP contribution in [0.2, 0.25) is 0 Å². The number of hydrogen-bond acceptors (Lipinski definition) is 1. The van der Waals surface area contributed by atoms with E-state index in [0.29, 0.717) is 0 Å². The number of rotatable bonds is 7. The van der Waals surface area contributed by atoms with E-state index in [2.05, 4.69) is 299 Å². The maximum Gasteiger partial charge on any atom is 0.0714 e. The number of fused-ring (bicyclic) bond motifs is 9. The van der Waals surface area contributed by atoms with Gasteiger partial charge in [0.1, 0.15) is 0 Å². The summed E-state index contributed by atoms with van der Waals surface area (Å²) >= 11 is 0. The molecule has 0 fully saturated rings. The predicted molar refractivity (Wildman–Crippen MR) is 322 cm³/mol. The monoisotopic (exact) mass is 982 g/mol. The molecule has 0 amide bonds. The maximum atomic E-state index is 2.52. The third-order valence-electron chi connectivity index (χ3n) is 17.7. The van der Waals surface area contributed by atoms with Crippen LogP contribution >= 0.6 is 0 Å². The summed E-state index contributed by atoms with van der Waals surface area (Å²) in [6, 6.07) is 85.9. The second-order valence-electron chi connectivity index (χ2n) is 24.9. The summed E-state index contributed by atoms with van der Waals surface area (Å²) in [5.41, 5.74) is 28.8. The van der Waals surface area contributed by atoms with Crippen molar-refractivity contribution in [2.75, 3.05) is 4.90 Å². The summed E-state index contributed by atoms with van der Waals surface area (Å²) in [6.07, 6.45) is 0. The van der Waals surface area contributed by atoms with Gasteiger partial charge in [0.2, 0.25) is 0 Å². The van der Waals surface area contributed by atoms with Crippen molar-refractivity contribution in [3.05, 3.63) is 280 Å². The van der Waals surface area contributed by atoms with Gasteiger partial charge in [-0.05, 0) is 165 Å². The zero-order valence-corrected chi connectivity index (χ0v) is 45.8. The molecule has 3 aliphatic carbocycles. The SMILES string of the molecule is CC(C)(C)c1cccc(C2(c3cccc(C(C)(C)C)c3)c3ccccc3-c3ccc(N(c4ccc(-c5ccc6c(c5)C(C)(C)c5ccccc5-6)cc4)c4ccc(-c5cccc6c5C(C)(C)c5ccccc5-6)cc4)cc32)c1. The van der Waals surface area contributed by atoms with Crippen LogP contribution < -0.4 is 4.90 Å². The molecule has 0 aromatic heterocycles. The summed E-state index contributed by atoms with van der Waals surface area (Å²) in [6.45, 7) is 23.5. The molecule has 10 aromatic carbocycles. The van der Waals surface area contributed by atoms with Gasteiger partial charge in [0.25, 0.3) is 0 Å². The Bertz CT molecular complexity index is 3880. The highest BCUT2D eigenvalue weighted by Crippen LogP contribution is 2.59. The van der Waals surface area contributed by atoms with Gasteiger partial charge in [-0.25, -0.2) is 0 Å². The van der Waals surface area contributed by atoms with Crippen molar-refractivity contribution in [1.82, 2.24) is 0 Å². The Hall–Kier alpha value is -8.00. The molecule has 0 spiro atoms. The molecule has 1 nitrogen and oxygen atoms in total. The molecule has 0 aliphatic heterocycles. The molecule has 0 heterocycles. The molecule has 0 saturated heterocycles. The minimum absolute atomic E-state index is 0.0387. The topological polar surface area (TPSA) is 3.24 Å². The van der Waals surface area contributed by atoms with Crippen LogP contribution in [0.25, 0.3) is 55.6 Å². The smallest absolute Gasteiger partial charge is 0.0714 e. The Labute approximate surface area is 451 Å². The lowest BCUT2D eigenvalue weighted by molar-refractivity contribution is 0.585. The average molecular weight is 982 g/mol. The van der Waals surface area contributed by atoms with Crippen LogP contribution in [0.3, 0.4) is 0 Å². The van der Waals surface area contributed by atoms with E-state index in [1.807, 2.05) is 0 Å². The molecule has 0 N–H and O–H groups in total. The van der Waals surface area contributed by atoms with Crippen molar-refractivity contribution < 1.29 is 0 Å². The van der Waals surface area contributed by atoms with E-state index in [-0.39, 0.29) is 21.7 Å². The van der Waals surface area contributed by atoms with Crippen LogP contribution in [0.5, 0.6) is 0 Å². The molecule has 3 aliphatic rings. The van der Waals surface area contributed by atoms with Crippen molar-refractivity contribution in [2.24, 2.45) is 0 Å². The zero-order valence-electron chi connectivity index (χ0n) is 45.8. The third-order valence-corrected chi connectivity index (χ3v) is 17.7. The lowest BCUT2D eigenvalue weighted by Gasteiger charge is -2.36. The van der Waals surface area contributed by atoms with Crippen molar-refractivity contribution in [3.8, 4) is 55.6 Å². The standard InChI is InChI=1S/C75H67N/c1-71(2,3)51-20-17-22-53(45-51)75(54-23-18-21-52(46-54)72(4,5)6)67-31-16-13-25-60(67)63-43-41-57(47-69(63)75)76(55-37-32-48(33-38-55)50-36-42-62-59-24-11-14-29-65(59)73(7,8)68(62)44-50)56-39-34-49(35-40-56)58-27-19-28-64-61-26-12-15-30-66(61)74(9,10)70(58)64/h11-47H,1-10H3. The van der Waals surface area contributed by atoms with Crippen LogP contribution in [-0.2, 0) is 27.1 Å². The van der Waals surface area contributed by atoms with Crippen LogP contribution in [0.15, 0.2) is 224 Å². The van der Waals surface area contributed by atoms with Gasteiger partial charge in [0, 0.05) is 27.9 Å². The van der Waals surface area contributed by atoms with E-state index in [9.17, 15) is 0 Å². The van der Waals surface area contributed by atoms with E-state index in [0.717, 1.165) is 17.1 Å². The quantitative estimate of drug-likeness (QED) is 0.154. The second kappa shape index (κ2) is 17.0. The van der Waals surface area contributed by atoms with Crippen molar-refractivity contribution >= 4 is 17.1 Å². The number of anilines is 3. The fourth-order valence-corrected chi connectivity index (χ4v) is 13.6. The first kappa shape index (κ1) is 47.7. The van der Waals surface area contributed by atoms with E-state index in [1.165, 1.54) is 111 Å². The van der Waals surface area contributed by atoms with Gasteiger partial charge in [-0.15, -0.1) is 0 Å². The zero-order chi connectivity index (χ0) is 52.5. The first-order valence-corrected chi connectivity index (χ1v) is 27.4. The van der Waals surface area contributed by atoms with Gasteiger partial charge >= 0.3 is 0 Å². The summed E-state index contributed by atoms with van der Waals surface area (Å²) in [5, 5.41) is 0. The molecule has 1 heteroatoms. The first-order chi connectivity index (χ1) is 36.5. The molecule has 0 atom stereocenters. The van der Waals surface area contributed by atoms with E-state index < -0.39 is 5.41 Å². The van der Waals surface area contributed by atoms with Crippen molar-refractivity contribution in [1.29, 1.82) is 0 Å². The minimum atomic E-state index is -0.594. The van der Waals surface area contributed by atoms with E-state index in [4.69, 9.17) is 0 Å². The first-order valence-electron chi connectivity index (χ1n) is 27.4. The molecule has 76 heavy (non-hydrogen) atoms. The Morgan fingerprint density at radius 2 is 0.711 bits per heavy atom. The average Bonchev–Trinajstić information content (AvgIpc) is 3.99. The Kier molecular flexibility index (Phi) is 10.7. The normalized spacial score (nSPS) is 15.0. The Balaban J connectivity index is 0.998.